The SMILES string of the molecule is O=[N+]([O-])c1cccc(/C=C/C(/C=C/c2cccc([N+](=O)[O-])c2)=NNC2=NCCN2)c1. The van der Waals surface area contributed by atoms with Gasteiger partial charge in [0.1, 0.15) is 0 Å². The Bertz CT molecular complexity index is 1000. The molecule has 0 unspecified atom stereocenters. The van der Waals surface area contributed by atoms with Crippen molar-refractivity contribution in [3.05, 3.63) is 92.0 Å². The van der Waals surface area contributed by atoms with Crippen molar-refractivity contribution in [2.45, 2.75) is 0 Å². The monoisotopic (exact) mass is 406 g/mol. The van der Waals surface area contributed by atoms with E-state index in [1.807, 2.05) is 0 Å². The smallest absolute Gasteiger partial charge is 0.270 e. The fourth-order valence-corrected chi connectivity index (χ4v) is 2.57. The number of nitro benzene ring substituents is 2. The maximum atomic E-state index is 10.9. The van der Waals surface area contributed by atoms with Gasteiger partial charge in [0.2, 0.25) is 5.96 Å². The van der Waals surface area contributed by atoms with E-state index in [1.165, 1.54) is 24.3 Å². The number of benzene rings is 2. The van der Waals surface area contributed by atoms with Crippen molar-refractivity contribution in [3.63, 3.8) is 0 Å². The van der Waals surface area contributed by atoms with Crippen LogP contribution in [0.5, 0.6) is 0 Å². The zero-order valence-electron chi connectivity index (χ0n) is 15.8. The van der Waals surface area contributed by atoms with Gasteiger partial charge in [0.15, 0.2) is 0 Å². The Balaban J connectivity index is 1.83. The lowest BCUT2D eigenvalue weighted by Gasteiger charge is -2.02. The van der Waals surface area contributed by atoms with Crippen LogP contribution in [-0.4, -0.2) is 34.6 Å². The van der Waals surface area contributed by atoms with Gasteiger partial charge in [-0.05, 0) is 23.3 Å². The molecule has 152 valence electrons. The molecule has 3 rings (SSSR count). The van der Waals surface area contributed by atoms with Gasteiger partial charge in [-0.3, -0.25) is 20.2 Å². The number of nitro groups is 2. The highest BCUT2D eigenvalue weighted by Gasteiger charge is 2.06. The molecule has 30 heavy (non-hydrogen) atoms. The lowest BCUT2D eigenvalue weighted by Crippen LogP contribution is -2.30. The fourth-order valence-electron chi connectivity index (χ4n) is 2.57. The summed E-state index contributed by atoms with van der Waals surface area (Å²) in [6.45, 7) is 1.38. The van der Waals surface area contributed by atoms with Crippen molar-refractivity contribution in [1.29, 1.82) is 0 Å². The molecule has 0 radical (unpaired) electrons. The van der Waals surface area contributed by atoms with Crippen LogP contribution in [0.3, 0.4) is 0 Å². The fraction of sp³-hybridized carbons (Fsp3) is 0.100. The van der Waals surface area contributed by atoms with Crippen LogP contribution in [0.1, 0.15) is 11.1 Å². The zero-order valence-corrected chi connectivity index (χ0v) is 15.8. The molecule has 0 spiro atoms. The molecule has 0 saturated carbocycles. The summed E-state index contributed by atoms with van der Waals surface area (Å²) in [6.07, 6.45) is 6.73. The molecule has 0 amide bonds. The van der Waals surface area contributed by atoms with E-state index < -0.39 is 9.85 Å². The molecular formula is C20H18N6O4. The topological polar surface area (TPSA) is 135 Å². The maximum absolute atomic E-state index is 10.9. The summed E-state index contributed by atoms with van der Waals surface area (Å²) < 4.78 is 0. The highest BCUT2D eigenvalue weighted by atomic mass is 16.6. The molecule has 0 fully saturated rings. The summed E-state index contributed by atoms with van der Waals surface area (Å²) in [5, 5.41) is 29.2. The molecule has 10 heteroatoms. The molecule has 2 aromatic rings. The third-order valence-corrected chi connectivity index (χ3v) is 4.02. The number of nitrogens with zero attached hydrogens (tertiary/aromatic N) is 4. The number of non-ortho nitro benzene ring substituents is 2. The van der Waals surface area contributed by atoms with E-state index in [2.05, 4.69) is 20.8 Å². The van der Waals surface area contributed by atoms with E-state index in [4.69, 9.17) is 0 Å². The lowest BCUT2D eigenvalue weighted by molar-refractivity contribution is -0.385. The maximum Gasteiger partial charge on any atom is 0.270 e. The Morgan fingerprint density at radius 2 is 1.57 bits per heavy atom. The highest BCUT2D eigenvalue weighted by molar-refractivity contribution is 6.09. The summed E-state index contributed by atoms with van der Waals surface area (Å²) >= 11 is 0. The van der Waals surface area contributed by atoms with Crippen LogP contribution in [-0.2, 0) is 0 Å². The van der Waals surface area contributed by atoms with Gasteiger partial charge in [-0.1, -0.05) is 36.4 Å². The Kier molecular flexibility index (Phi) is 6.62. The number of aliphatic imine (C=N–C) groups is 1. The van der Waals surface area contributed by atoms with Crippen LogP contribution < -0.4 is 10.7 Å². The van der Waals surface area contributed by atoms with Gasteiger partial charge >= 0.3 is 0 Å². The number of rotatable bonds is 7. The Morgan fingerprint density at radius 1 is 1.00 bits per heavy atom. The van der Waals surface area contributed by atoms with Gasteiger partial charge < -0.3 is 5.32 Å². The van der Waals surface area contributed by atoms with E-state index in [1.54, 1.807) is 48.6 Å². The quantitative estimate of drug-likeness (QED) is 0.412. The average Bonchev–Trinajstić information content (AvgIpc) is 3.27. The van der Waals surface area contributed by atoms with Crippen LogP contribution in [0.4, 0.5) is 11.4 Å². The number of hydrazone groups is 1. The van der Waals surface area contributed by atoms with Crippen LogP contribution >= 0.6 is 0 Å². The van der Waals surface area contributed by atoms with E-state index in [0.717, 1.165) is 6.54 Å². The van der Waals surface area contributed by atoms with Gasteiger partial charge in [0.05, 0.1) is 22.1 Å². The Labute approximate surface area is 171 Å². The second kappa shape index (κ2) is 9.73. The summed E-state index contributed by atoms with van der Waals surface area (Å²) in [7, 11) is 0. The van der Waals surface area contributed by atoms with E-state index in [-0.39, 0.29) is 11.4 Å². The number of hydrogen-bond acceptors (Lipinski definition) is 8. The summed E-state index contributed by atoms with van der Waals surface area (Å²) in [5.41, 5.74) is 4.57. The first-order valence-electron chi connectivity index (χ1n) is 8.98. The van der Waals surface area contributed by atoms with Gasteiger partial charge in [-0.25, -0.2) is 10.4 Å². The summed E-state index contributed by atoms with van der Waals surface area (Å²) in [5.74, 6) is 0.542. The van der Waals surface area contributed by atoms with Gasteiger partial charge in [-0.15, -0.1) is 0 Å². The minimum absolute atomic E-state index is 0.00888. The average molecular weight is 406 g/mol. The standard InChI is InChI=1S/C20H18N6O4/c27-25(28)18-5-1-3-15(13-18)7-9-17(23-24-20-21-11-12-22-20)10-8-16-4-2-6-19(14-16)26(29)30/h1-10,13-14H,11-12H2,(H2,21,22,24)/b9-7+,10-8+. The molecule has 0 aliphatic carbocycles. The molecule has 0 saturated heterocycles. The predicted molar refractivity (Wildman–Crippen MR) is 115 cm³/mol. The minimum atomic E-state index is -0.458. The van der Waals surface area contributed by atoms with E-state index >= 15 is 0 Å². The summed E-state index contributed by atoms with van der Waals surface area (Å²) in [4.78, 5) is 25.2. The number of allylic oxidation sites excluding steroid dienone is 2. The van der Waals surface area contributed by atoms with Gasteiger partial charge in [0, 0.05) is 30.8 Å². The van der Waals surface area contributed by atoms with Crippen molar-refractivity contribution >= 4 is 35.2 Å². The van der Waals surface area contributed by atoms with Crippen LogP contribution in [0.2, 0.25) is 0 Å². The van der Waals surface area contributed by atoms with E-state index in [0.29, 0.717) is 29.3 Å². The second-order valence-electron chi connectivity index (χ2n) is 6.18. The largest absolute Gasteiger partial charge is 0.353 e. The summed E-state index contributed by atoms with van der Waals surface area (Å²) in [6, 6.07) is 12.4. The molecule has 1 aliphatic rings. The molecule has 1 heterocycles. The van der Waals surface area contributed by atoms with Crippen molar-refractivity contribution in [2.24, 2.45) is 10.1 Å². The third-order valence-electron chi connectivity index (χ3n) is 4.02. The van der Waals surface area contributed by atoms with Gasteiger partial charge in [-0.2, -0.15) is 5.10 Å². The number of guanidine groups is 1. The third kappa shape index (κ3) is 5.83. The van der Waals surface area contributed by atoms with Crippen LogP contribution in [0.15, 0.2) is 70.8 Å². The van der Waals surface area contributed by atoms with Crippen molar-refractivity contribution in [1.82, 2.24) is 10.7 Å². The van der Waals surface area contributed by atoms with E-state index in [9.17, 15) is 20.2 Å². The number of hydrogen-bond donors (Lipinski definition) is 2. The normalized spacial score (nSPS) is 13.1. The van der Waals surface area contributed by atoms with Gasteiger partial charge in [0.25, 0.3) is 11.4 Å². The first-order valence-corrected chi connectivity index (χ1v) is 8.98. The molecule has 2 aromatic carbocycles. The first-order chi connectivity index (χ1) is 14.5. The Morgan fingerprint density at radius 3 is 2.03 bits per heavy atom. The highest BCUT2D eigenvalue weighted by Crippen LogP contribution is 2.16. The second-order valence-corrected chi connectivity index (χ2v) is 6.18. The minimum Gasteiger partial charge on any atom is -0.353 e. The molecule has 0 bridgehead atoms. The van der Waals surface area contributed by atoms with Crippen LogP contribution in [0.25, 0.3) is 12.2 Å². The predicted octanol–water partition coefficient (Wildman–Crippen LogP) is 3.13. The lowest BCUT2D eigenvalue weighted by atomic mass is 10.1. The molecule has 0 atom stereocenters. The Hall–Kier alpha value is -4.34. The molecule has 1 aliphatic heterocycles. The van der Waals surface area contributed by atoms with Crippen molar-refractivity contribution in [3.8, 4) is 0 Å². The zero-order chi connectivity index (χ0) is 21.3. The number of nitrogens with one attached hydrogen (secondary N) is 2. The molecule has 0 aromatic heterocycles. The molecular weight excluding hydrogens is 388 g/mol. The van der Waals surface area contributed by atoms with Crippen LogP contribution in [0, 0.1) is 20.2 Å². The molecule has 10 nitrogen and oxygen atoms in total. The van der Waals surface area contributed by atoms with Crippen molar-refractivity contribution in [2.75, 3.05) is 13.1 Å². The first kappa shape index (κ1) is 20.4. The van der Waals surface area contributed by atoms with Crippen molar-refractivity contribution < 1.29 is 9.85 Å². The molecule has 2 N–H and O–H groups in total.